The van der Waals surface area contributed by atoms with Crippen LogP contribution in [0.4, 0.5) is 0 Å². The Morgan fingerprint density at radius 2 is 1.92 bits per heavy atom. The van der Waals surface area contributed by atoms with Gasteiger partial charge in [0.05, 0.1) is 0 Å². The molecule has 1 aromatic rings. The summed E-state index contributed by atoms with van der Waals surface area (Å²) in [7, 11) is 0. The number of hydrogen-bond donors (Lipinski definition) is 0. The van der Waals surface area contributed by atoms with E-state index in [1.165, 1.54) is 10.8 Å². The first kappa shape index (κ1) is 8.79. The van der Waals surface area contributed by atoms with Crippen LogP contribution in [0.3, 0.4) is 0 Å². The minimum absolute atomic E-state index is 1.08. The molecule has 0 aliphatic rings. The normalized spacial score (nSPS) is 11.3. The summed E-state index contributed by atoms with van der Waals surface area (Å²) in [4.78, 5) is 0. The van der Waals surface area contributed by atoms with Crippen LogP contribution >= 0.6 is 0 Å². The molecule has 0 saturated heterocycles. The molecule has 0 atom stereocenters. The van der Waals surface area contributed by atoms with Gasteiger partial charge < -0.3 is 0 Å². The molecule has 62 valence electrons. The minimum Gasteiger partial charge on any atom is -0.0912 e. The van der Waals surface area contributed by atoms with E-state index in [1.54, 1.807) is 0 Å². The summed E-state index contributed by atoms with van der Waals surface area (Å²) in [6.07, 6.45) is 4.20. The molecule has 0 unspecified atom stereocenters. The Hall–Kier alpha value is -1.30. The first-order chi connectivity index (χ1) is 5.70. The lowest BCUT2D eigenvalue weighted by molar-refractivity contribution is 1.40. The van der Waals surface area contributed by atoms with Crippen molar-refractivity contribution in [2.45, 2.75) is 13.8 Å². The SMILES string of the molecule is C=c1ccccc1=CC=C(C)C. The predicted molar refractivity (Wildman–Crippen MR) is 55.1 cm³/mol. The number of benzene rings is 1. The lowest BCUT2D eigenvalue weighted by Gasteiger charge is -1.86. The van der Waals surface area contributed by atoms with Gasteiger partial charge in [-0.3, -0.25) is 0 Å². The maximum Gasteiger partial charge on any atom is -0.0190 e. The molecule has 12 heavy (non-hydrogen) atoms. The molecular formula is C12H14. The van der Waals surface area contributed by atoms with Crippen molar-refractivity contribution in [3.05, 3.63) is 46.4 Å². The molecule has 0 fully saturated rings. The summed E-state index contributed by atoms with van der Waals surface area (Å²) < 4.78 is 0. The number of allylic oxidation sites excluding steroid dienone is 2. The van der Waals surface area contributed by atoms with Crippen molar-refractivity contribution in [1.29, 1.82) is 0 Å². The molecule has 0 nitrogen and oxygen atoms in total. The number of hydrogen-bond acceptors (Lipinski definition) is 0. The van der Waals surface area contributed by atoms with Gasteiger partial charge in [0.1, 0.15) is 0 Å². The zero-order valence-electron chi connectivity index (χ0n) is 7.67. The lowest BCUT2D eigenvalue weighted by atomic mass is 10.2. The van der Waals surface area contributed by atoms with E-state index in [-0.39, 0.29) is 0 Å². The summed E-state index contributed by atoms with van der Waals surface area (Å²) in [6.45, 7) is 8.11. The van der Waals surface area contributed by atoms with Gasteiger partial charge in [-0.2, -0.15) is 0 Å². The monoisotopic (exact) mass is 158 g/mol. The highest BCUT2D eigenvalue weighted by atomic mass is 13.8. The van der Waals surface area contributed by atoms with Crippen molar-refractivity contribution >= 4 is 12.7 Å². The topological polar surface area (TPSA) is 0 Å². The van der Waals surface area contributed by atoms with Crippen LogP contribution in [0, 0.1) is 0 Å². The average Bonchev–Trinajstić information content (AvgIpc) is 2.03. The Balaban J connectivity index is 3.20. The summed E-state index contributed by atoms with van der Waals surface area (Å²) in [5.74, 6) is 0. The van der Waals surface area contributed by atoms with Gasteiger partial charge in [-0.1, -0.05) is 48.6 Å². The van der Waals surface area contributed by atoms with Gasteiger partial charge in [-0.25, -0.2) is 0 Å². The van der Waals surface area contributed by atoms with Crippen LogP contribution in [0.15, 0.2) is 35.9 Å². The Morgan fingerprint density at radius 1 is 1.25 bits per heavy atom. The van der Waals surface area contributed by atoms with Crippen molar-refractivity contribution in [3.8, 4) is 0 Å². The molecule has 1 rings (SSSR count). The Bertz CT molecular complexity index is 379. The second-order valence-corrected chi connectivity index (χ2v) is 3.11. The fraction of sp³-hybridized carbons (Fsp3) is 0.167. The van der Waals surface area contributed by atoms with Crippen LogP contribution in [0.1, 0.15) is 13.8 Å². The molecular weight excluding hydrogens is 144 g/mol. The Labute approximate surface area is 73.6 Å². The van der Waals surface area contributed by atoms with Crippen molar-refractivity contribution in [2.24, 2.45) is 0 Å². The van der Waals surface area contributed by atoms with E-state index >= 15 is 0 Å². The van der Waals surface area contributed by atoms with Crippen LogP contribution in [0.25, 0.3) is 12.7 Å². The van der Waals surface area contributed by atoms with Crippen molar-refractivity contribution < 1.29 is 0 Å². The largest absolute Gasteiger partial charge is 0.0912 e. The first-order valence-electron chi connectivity index (χ1n) is 4.09. The fourth-order valence-corrected chi connectivity index (χ4v) is 0.953. The lowest BCUT2D eigenvalue weighted by Crippen LogP contribution is -2.21. The Morgan fingerprint density at radius 3 is 2.50 bits per heavy atom. The average molecular weight is 158 g/mol. The van der Waals surface area contributed by atoms with Crippen LogP contribution in [0.2, 0.25) is 0 Å². The molecule has 0 N–H and O–H groups in total. The number of rotatable bonds is 1. The second kappa shape index (κ2) is 3.91. The van der Waals surface area contributed by atoms with Gasteiger partial charge in [0.2, 0.25) is 0 Å². The van der Waals surface area contributed by atoms with E-state index in [0.29, 0.717) is 0 Å². The van der Waals surface area contributed by atoms with Crippen LogP contribution in [-0.4, -0.2) is 0 Å². The van der Waals surface area contributed by atoms with Gasteiger partial charge in [0, 0.05) is 0 Å². The second-order valence-electron chi connectivity index (χ2n) is 3.11. The third kappa shape index (κ3) is 2.39. The molecule has 0 spiro atoms. The molecule has 0 radical (unpaired) electrons. The molecule has 0 heteroatoms. The zero-order chi connectivity index (χ0) is 8.97. The Kier molecular flexibility index (Phi) is 2.87. The third-order valence-corrected chi connectivity index (χ3v) is 1.65. The van der Waals surface area contributed by atoms with E-state index < -0.39 is 0 Å². The van der Waals surface area contributed by atoms with E-state index in [1.807, 2.05) is 18.2 Å². The molecule has 0 saturated carbocycles. The molecule has 0 heterocycles. The smallest absolute Gasteiger partial charge is 0.0190 e. The fourth-order valence-electron chi connectivity index (χ4n) is 0.953. The molecule has 0 bridgehead atoms. The summed E-state index contributed by atoms with van der Waals surface area (Å²) in [5, 5.41) is 2.27. The van der Waals surface area contributed by atoms with E-state index in [9.17, 15) is 0 Å². The van der Waals surface area contributed by atoms with Crippen molar-refractivity contribution in [3.63, 3.8) is 0 Å². The van der Waals surface area contributed by atoms with Crippen molar-refractivity contribution in [1.82, 2.24) is 0 Å². The molecule has 0 amide bonds. The highest BCUT2D eigenvalue weighted by Gasteiger charge is 1.78. The van der Waals surface area contributed by atoms with Gasteiger partial charge in [0.25, 0.3) is 0 Å². The standard InChI is InChI=1S/C12H14/c1-10(2)8-9-12-7-5-4-6-11(12)3/h4-9H,3H2,1-2H3. The quantitative estimate of drug-likeness (QED) is 0.585. The van der Waals surface area contributed by atoms with E-state index in [2.05, 4.69) is 38.6 Å². The van der Waals surface area contributed by atoms with Crippen LogP contribution < -0.4 is 10.4 Å². The minimum atomic E-state index is 1.08. The van der Waals surface area contributed by atoms with Crippen LogP contribution in [-0.2, 0) is 0 Å². The van der Waals surface area contributed by atoms with E-state index in [0.717, 1.165) is 5.22 Å². The zero-order valence-corrected chi connectivity index (χ0v) is 7.67. The van der Waals surface area contributed by atoms with Gasteiger partial charge in [0.15, 0.2) is 0 Å². The molecule has 0 aliphatic carbocycles. The maximum atomic E-state index is 3.94. The predicted octanol–water partition coefficient (Wildman–Crippen LogP) is 1.84. The van der Waals surface area contributed by atoms with Gasteiger partial charge >= 0.3 is 0 Å². The maximum absolute atomic E-state index is 3.94. The highest BCUT2D eigenvalue weighted by Crippen LogP contribution is 1.87. The van der Waals surface area contributed by atoms with Gasteiger partial charge in [-0.05, 0) is 24.3 Å². The van der Waals surface area contributed by atoms with Crippen LogP contribution in [0.5, 0.6) is 0 Å². The molecule has 0 aliphatic heterocycles. The van der Waals surface area contributed by atoms with Crippen molar-refractivity contribution in [2.75, 3.05) is 0 Å². The summed E-state index contributed by atoms with van der Waals surface area (Å²) in [5.41, 5.74) is 1.30. The summed E-state index contributed by atoms with van der Waals surface area (Å²) in [6, 6.07) is 8.12. The van der Waals surface area contributed by atoms with Gasteiger partial charge in [-0.15, -0.1) is 0 Å². The highest BCUT2D eigenvalue weighted by molar-refractivity contribution is 5.39. The third-order valence-electron chi connectivity index (χ3n) is 1.65. The molecule has 0 aromatic heterocycles. The first-order valence-corrected chi connectivity index (χ1v) is 4.09. The molecule has 1 aromatic carbocycles. The van der Waals surface area contributed by atoms with E-state index in [4.69, 9.17) is 0 Å². The summed E-state index contributed by atoms with van der Waals surface area (Å²) >= 11 is 0.